The van der Waals surface area contributed by atoms with Crippen LogP contribution in [0.4, 0.5) is 5.69 Å². The topological polar surface area (TPSA) is 133 Å². The molecule has 5 heterocycles. The number of hydrogen-bond donors (Lipinski definition) is 4. The first kappa shape index (κ1) is 22.6. The van der Waals surface area contributed by atoms with Gasteiger partial charge in [-0.3, -0.25) is 15.1 Å². The maximum atomic E-state index is 10.6. The predicted molar refractivity (Wildman–Crippen MR) is 146 cm³/mol. The molecule has 0 saturated heterocycles. The summed E-state index contributed by atoms with van der Waals surface area (Å²) >= 11 is 0. The van der Waals surface area contributed by atoms with Crippen molar-refractivity contribution in [2.24, 2.45) is 5.92 Å². The monoisotopic (exact) mass is 505 g/mol. The number of pyridine rings is 2. The number of aromatic nitrogens is 8. The number of rotatable bonds is 6. The SMILES string of the molecule is Cc1cn(-c2cncc3[nH]c(-c4n[nH]c5ccc(-c6cncc(NC(O)C7CCCC7)c6)cc45)nc23)cn1. The molecule has 190 valence electrons. The van der Waals surface area contributed by atoms with Crippen molar-refractivity contribution in [1.82, 2.24) is 39.7 Å². The van der Waals surface area contributed by atoms with Gasteiger partial charge in [0.05, 0.1) is 53.0 Å². The van der Waals surface area contributed by atoms with E-state index in [2.05, 4.69) is 41.5 Å². The minimum Gasteiger partial charge on any atom is -0.374 e. The number of aliphatic hydroxyl groups excluding tert-OH is 1. The van der Waals surface area contributed by atoms with Crippen molar-refractivity contribution < 1.29 is 5.11 Å². The van der Waals surface area contributed by atoms with E-state index in [0.29, 0.717) is 11.7 Å². The minimum absolute atomic E-state index is 0.292. The van der Waals surface area contributed by atoms with Crippen LogP contribution in [0, 0.1) is 12.8 Å². The lowest BCUT2D eigenvalue weighted by Gasteiger charge is -2.20. The molecular formula is C28H27N9O. The molecule has 0 spiro atoms. The zero-order chi connectivity index (χ0) is 25.6. The number of nitrogens with zero attached hydrogens (tertiary/aromatic N) is 6. The van der Waals surface area contributed by atoms with Gasteiger partial charge in [0.25, 0.3) is 0 Å². The van der Waals surface area contributed by atoms with Crippen molar-refractivity contribution in [3.05, 3.63) is 67.3 Å². The molecule has 1 unspecified atom stereocenters. The summed E-state index contributed by atoms with van der Waals surface area (Å²) in [7, 11) is 0. The van der Waals surface area contributed by atoms with Gasteiger partial charge in [0, 0.05) is 29.3 Å². The second-order valence-corrected chi connectivity index (χ2v) is 9.99. The number of fused-ring (bicyclic) bond motifs is 2. The average Bonchev–Trinajstić information content (AvgIpc) is 3.74. The predicted octanol–water partition coefficient (Wildman–Crippen LogP) is 4.98. The highest BCUT2D eigenvalue weighted by Gasteiger charge is 2.23. The molecule has 1 atom stereocenters. The number of aromatic amines is 2. The summed E-state index contributed by atoms with van der Waals surface area (Å²) in [6, 6.07) is 8.17. The highest BCUT2D eigenvalue weighted by atomic mass is 16.3. The molecule has 1 aromatic carbocycles. The van der Waals surface area contributed by atoms with E-state index in [0.717, 1.165) is 68.7 Å². The third-order valence-electron chi connectivity index (χ3n) is 7.38. The normalized spacial score (nSPS) is 15.0. The van der Waals surface area contributed by atoms with Gasteiger partial charge in [0.1, 0.15) is 17.4 Å². The summed E-state index contributed by atoms with van der Waals surface area (Å²) in [6.07, 6.45) is 14.8. The van der Waals surface area contributed by atoms with Crippen molar-refractivity contribution in [3.8, 4) is 28.3 Å². The Labute approximate surface area is 218 Å². The van der Waals surface area contributed by atoms with Crippen LogP contribution in [-0.2, 0) is 0 Å². The molecule has 0 radical (unpaired) electrons. The fraction of sp³-hybridized carbons (Fsp3) is 0.250. The van der Waals surface area contributed by atoms with Gasteiger partial charge in [-0.25, -0.2) is 9.97 Å². The summed E-state index contributed by atoms with van der Waals surface area (Å²) in [5, 5.41) is 22.5. The van der Waals surface area contributed by atoms with E-state index in [-0.39, 0.29) is 0 Å². The van der Waals surface area contributed by atoms with E-state index in [4.69, 9.17) is 4.98 Å². The van der Waals surface area contributed by atoms with Crippen molar-refractivity contribution in [3.63, 3.8) is 0 Å². The van der Waals surface area contributed by atoms with E-state index in [1.807, 2.05) is 42.1 Å². The van der Waals surface area contributed by atoms with E-state index in [1.54, 1.807) is 24.9 Å². The Balaban J connectivity index is 1.24. The molecule has 1 aliphatic rings. The van der Waals surface area contributed by atoms with E-state index in [9.17, 15) is 5.11 Å². The molecule has 4 N–H and O–H groups in total. The third kappa shape index (κ3) is 3.99. The fourth-order valence-electron chi connectivity index (χ4n) is 5.39. The standard InChI is InChI=1S/C28H27N9O/c1-16-14-37(15-31-16)24-13-30-12-23-26(24)34-27(33-23)25-21-9-18(6-7-22(21)35-36-25)19-8-20(11-29-10-19)32-28(38)17-4-2-3-5-17/h6-15,17,28,32,38H,2-5H2,1H3,(H,33,34)(H,35,36). The van der Waals surface area contributed by atoms with Crippen molar-refractivity contribution in [2.45, 2.75) is 38.8 Å². The molecule has 0 aliphatic heterocycles. The summed E-state index contributed by atoms with van der Waals surface area (Å²) in [6.45, 7) is 1.95. The Morgan fingerprint density at radius 1 is 1.03 bits per heavy atom. The summed E-state index contributed by atoms with van der Waals surface area (Å²) < 4.78 is 1.92. The largest absolute Gasteiger partial charge is 0.374 e. The number of aryl methyl sites for hydroxylation is 1. The first-order valence-corrected chi connectivity index (χ1v) is 12.9. The van der Waals surface area contributed by atoms with Crippen molar-refractivity contribution >= 4 is 27.6 Å². The molecular weight excluding hydrogens is 478 g/mol. The third-order valence-corrected chi connectivity index (χ3v) is 7.38. The maximum absolute atomic E-state index is 10.6. The molecule has 7 rings (SSSR count). The Morgan fingerprint density at radius 2 is 1.89 bits per heavy atom. The molecule has 10 heteroatoms. The van der Waals surface area contributed by atoms with Gasteiger partial charge in [-0.1, -0.05) is 18.9 Å². The van der Waals surface area contributed by atoms with E-state index in [1.165, 1.54) is 12.8 Å². The quantitative estimate of drug-likeness (QED) is 0.235. The molecule has 1 fully saturated rings. The lowest BCUT2D eigenvalue weighted by atomic mass is 10.0. The Bertz CT molecular complexity index is 1760. The molecule has 0 amide bonds. The second kappa shape index (κ2) is 9.07. The van der Waals surface area contributed by atoms with Crippen LogP contribution in [0.3, 0.4) is 0 Å². The molecule has 5 aromatic heterocycles. The molecule has 38 heavy (non-hydrogen) atoms. The Kier molecular flexibility index (Phi) is 5.40. The maximum Gasteiger partial charge on any atom is 0.159 e. The number of aliphatic hydroxyl groups is 1. The number of H-pyrrole nitrogens is 2. The molecule has 1 aliphatic carbocycles. The Hall–Kier alpha value is -4.57. The lowest BCUT2D eigenvalue weighted by Crippen LogP contribution is -2.26. The van der Waals surface area contributed by atoms with E-state index < -0.39 is 6.23 Å². The lowest BCUT2D eigenvalue weighted by molar-refractivity contribution is 0.137. The van der Waals surface area contributed by atoms with E-state index >= 15 is 0 Å². The van der Waals surface area contributed by atoms with Crippen LogP contribution < -0.4 is 5.32 Å². The van der Waals surface area contributed by atoms with Gasteiger partial charge in [-0.15, -0.1) is 0 Å². The summed E-state index contributed by atoms with van der Waals surface area (Å²) in [4.78, 5) is 21.4. The zero-order valence-corrected chi connectivity index (χ0v) is 20.9. The second-order valence-electron chi connectivity index (χ2n) is 9.99. The van der Waals surface area contributed by atoms with Crippen LogP contribution in [-0.4, -0.2) is 51.0 Å². The first-order chi connectivity index (χ1) is 18.6. The van der Waals surface area contributed by atoms with Crippen molar-refractivity contribution in [1.29, 1.82) is 0 Å². The van der Waals surface area contributed by atoms with Gasteiger partial charge in [-0.2, -0.15) is 5.10 Å². The summed E-state index contributed by atoms with van der Waals surface area (Å²) in [5.74, 6) is 0.948. The van der Waals surface area contributed by atoms with Crippen LogP contribution in [0.25, 0.3) is 50.3 Å². The van der Waals surface area contributed by atoms with Crippen molar-refractivity contribution in [2.75, 3.05) is 5.32 Å². The first-order valence-electron chi connectivity index (χ1n) is 12.9. The molecule has 6 aromatic rings. The van der Waals surface area contributed by atoms with Gasteiger partial charge in [0.15, 0.2) is 5.82 Å². The Morgan fingerprint density at radius 3 is 2.74 bits per heavy atom. The fourth-order valence-corrected chi connectivity index (χ4v) is 5.39. The average molecular weight is 506 g/mol. The van der Waals surface area contributed by atoms with Crippen LogP contribution in [0.5, 0.6) is 0 Å². The number of hydrogen-bond acceptors (Lipinski definition) is 7. The number of anilines is 1. The van der Waals surface area contributed by atoms with Gasteiger partial charge < -0.3 is 20.0 Å². The minimum atomic E-state index is -0.559. The van der Waals surface area contributed by atoms with Crippen LogP contribution >= 0.6 is 0 Å². The smallest absolute Gasteiger partial charge is 0.159 e. The van der Waals surface area contributed by atoms with Gasteiger partial charge in [-0.05, 0) is 43.5 Å². The molecule has 1 saturated carbocycles. The zero-order valence-electron chi connectivity index (χ0n) is 20.9. The molecule has 10 nitrogen and oxygen atoms in total. The van der Waals surface area contributed by atoms with Gasteiger partial charge in [0.2, 0.25) is 0 Å². The number of benzene rings is 1. The number of imidazole rings is 2. The highest BCUT2D eigenvalue weighted by Crippen LogP contribution is 2.33. The van der Waals surface area contributed by atoms with Gasteiger partial charge >= 0.3 is 0 Å². The van der Waals surface area contributed by atoms with Crippen LogP contribution in [0.15, 0.2) is 61.6 Å². The highest BCUT2D eigenvalue weighted by molar-refractivity contribution is 5.96. The molecule has 0 bridgehead atoms. The van der Waals surface area contributed by atoms with Crippen LogP contribution in [0.1, 0.15) is 31.4 Å². The summed E-state index contributed by atoms with van der Waals surface area (Å²) in [5.41, 5.74) is 7.78. The van der Waals surface area contributed by atoms with Crippen LogP contribution in [0.2, 0.25) is 0 Å². The number of nitrogens with one attached hydrogen (secondary N) is 3.